The van der Waals surface area contributed by atoms with E-state index in [1.165, 1.54) is 18.2 Å². The second-order valence-electron chi connectivity index (χ2n) is 4.31. The standard InChI is InChI=1S/C17H15FO2/c1-13(19)16-12-15(18)9-10-17(16)20-11-5-8-14-6-3-2-4-7-14/h2-4,6-7,9-10,12-13,19H,11H2,1H3/t13-/m1/s1. The van der Waals surface area contributed by atoms with Crippen LogP contribution in [0.2, 0.25) is 0 Å². The largest absolute Gasteiger partial charge is 0.481 e. The molecule has 0 heterocycles. The Morgan fingerprint density at radius 1 is 1.20 bits per heavy atom. The fraction of sp³-hybridized carbons (Fsp3) is 0.176. The van der Waals surface area contributed by atoms with Gasteiger partial charge in [0.15, 0.2) is 0 Å². The number of benzene rings is 2. The summed E-state index contributed by atoms with van der Waals surface area (Å²) in [6.07, 6.45) is -0.789. The molecule has 1 N–H and O–H groups in total. The van der Waals surface area contributed by atoms with Crippen LogP contribution < -0.4 is 4.74 Å². The molecule has 0 saturated heterocycles. The lowest BCUT2D eigenvalue weighted by atomic mass is 10.1. The van der Waals surface area contributed by atoms with Crippen LogP contribution in [0.4, 0.5) is 4.39 Å². The maximum absolute atomic E-state index is 13.1. The summed E-state index contributed by atoms with van der Waals surface area (Å²) in [4.78, 5) is 0. The topological polar surface area (TPSA) is 29.5 Å². The van der Waals surface area contributed by atoms with Crippen LogP contribution in [0.1, 0.15) is 24.2 Å². The number of aliphatic hydroxyl groups excluding tert-OH is 1. The van der Waals surface area contributed by atoms with Gasteiger partial charge in [0.1, 0.15) is 18.2 Å². The molecule has 0 aliphatic rings. The summed E-state index contributed by atoms with van der Waals surface area (Å²) >= 11 is 0. The minimum atomic E-state index is -0.789. The van der Waals surface area contributed by atoms with E-state index in [4.69, 9.17) is 4.74 Å². The van der Waals surface area contributed by atoms with Crippen molar-refractivity contribution in [1.29, 1.82) is 0 Å². The van der Waals surface area contributed by atoms with Gasteiger partial charge < -0.3 is 9.84 Å². The van der Waals surface area contributed by atoms with Crippen LogP contribution in [-0.2, 0) is 0 Å². The number of hydrogen-bond donors (Lipinski definition) is 1. The summed E-state index contributed by atoms with van der Waals surface area (Å²) in [6, 6.07) is 13.6. The van der Waals surface area contributed by atoms with E-state index in [0.29, 0.717) is 11.3 Å². The first-order chi connectivity index (χ1) is 9.66. The van der Waals surface area contributed by atoms with E-state index < -0.39 is 11.9 Å². The smallest absolute Gasteiger partial charge is 0.149 e. The minimum Gasteiger partial charge on any atom is -0.481 e. The maximum Gasteiger partial charge on any atom is 0.149 e. The SMILES string of the molecule is C[C@@H](O)c1cc(F)ccc1OCC#Cc1ccccc1. The number of hydrogen-bond acceptors (Lipinski definition) is 2. The summed E-state index contributed by atoms with van der Waals surface area (Å²) in [5, 5.41) is 9.58. The van der Waals surface area contributed by atoms with Crippen LogP contribution in [0.15, 0.2) is 48.5 Å². The Morgan fingerprint density at radius 2 is 1.95 bits per heavy atom. The van der Waals surface area contributed by atoms with Crippen molar-refractivity contribution < 1.29 is 14.2 Å². The van der Waals surface area contributed by atoms with Crippen molar-refractivity contribution in [1.82, 2.24) is 0 Å². The first kappa shape index (κ1) is 14.1. The third-order valence-corrected chi connectivity index (χ3v) is 2.73. The summed E-state index contributed by atoms with van der Waals surface area (Å²) < 4.78 is 18.6. The van der Waals surface area contributed by atoms with Gasteiger partial charge in [-0.05, 0) is 37.3 Å². The van der Waals surface area contributed by atoms with Crippen molar-refractivity contribution in [3.05, 3.63) is 65.5 Å². The molecule has 20 heavy (non-hydrogen) atoms. The molecule has 0 saturated carbocycles. The normalized spacial score (nSPS) is 11.3. The molecular formula is C17H15FO2. The third kappa shape index (κ3) is 3.84. The van der Waals surface area contributed by atoms with Gasteiger partial charge in [-0.1, -0.05) is 30.0 Å². The summed E-state index contributed by atoms with van der Waals surface area (Å²) in [5.74, 6) is 5.90. The van der Waals surface area contributed by atoms with Crippen molar-refractivity contribution in [3.8, 4) is 17.6 Å². The van der Waals surface area contributed by atoms with Crippen LogP contribution in [-0.4, -0.2) is 11.7 Å². The highest BCUT2D eigenvalue weighted by atomic mass is 19.1. The summed E-state index contributed by atoms with van der Waals surface area (Å²) in [7, 11) is 0. The van der Waals surface area contributed by atoms with E-state index >= 15 is 0 Å². The molecule has 0 fully saturated rings. The fourth-order valence-electron chi connectivity index (χ4n) is 1.75. The van der Waals surface area contributed by atoms with Crippen LogP contribution in [0, 0.1) is 17.7 Å². The van der Waals surface area contributed by atoms with Gasteiger partial charge in [-0.3, -0.25) is 0 Å². The molecule has 2 nitrogen and oxygen atoms in total. The lowest BCUT2D eigenvalue weighted by Gasteiger charge is -2.11. The zero-order chi connectivity index (χ0) is 14.4. The van der Waals surface area contributed by atoms with Crippen LogP contribution in [0.3, 0.4) is 0 Å². The van der Waals surface area contributed by atoms with E-state index in [0.717, 1.165) is 5.56 Å². The zero-order valence-corrected chi connectivity index (χ0v) is 11.1. The molecule has 2 rings (SSSR count). The minimum absolute atomic E-state index is 0.181. The van der Waals surface area contributed by atoms with Crippen molar-refractivity contribution in [3.63, 3.8) is 0 Å². The quantitative estimate of drug-likeness (QED) is 0.867. The monoisotopic (exact) mass is 270 g/mol. The van der Waals surface area contributed by atoms with Gasteiger partial charge >= 0.3 is 0 Å². The second-order valence-corrected chi connectivity index (χ2v) is 4.31. The van der Waals surface area contributed by atoms with Gasteiger partial charge in [0.2, 0.25) is 0 Å². The number of halogens is 1. The molecule has 102 valence electrons. The molecular weight excluding hydrogens is 255 g/mol. The Kier molecular flexibility index (Phi) is 4.75. The number of aliphatic hydroxyl groups is 1. The van der Waals surface area contributed by atoms with Gasteiger partial charge in [-0.15, -0.1) is 0 Å². The average Bonchev–Trinajstić information content (AvgIpc) is 2.45. The Labute approximate surface area is 117 Å². The molecule has 0 spiro atoms. The molecule has 0 radical (unpaired) electrons. The third-order valence-electron chi connectivity index (χ3n) is 2.73. The van der Waals surface area contributed by atoms with E-state index in [1.807, 2.05) is 30.3 Å². The molecule has 0 aromatic heterocycles. The maximum atomic E-state index is 13.1. The molecule has 2 aromatic carbocycles. The highest BCUT2D eigenvalue weighted by Crippen LogP contribution is 2.25. The molecule has 0 aliphatic heterocycles. The van der Waals surface area contributed by atoms with Crippen molar-refractivity contribution in [2.45, 2.75) is 13.0 Å². The van der Waals surface area contributed by atoms with E-state index in [1.54, 1.807) is 6.92 Å². The fourth-order valence-corrected chi connectivity index (χ4v) is 1.75. The van der Waals surface area contributed by atoms with Crippen LogP contribution in [0.5, 0.6) is 5.75 Å². The predicted molar refractivity (Wildman–Crippen MR) is 75.8 cm³/mol. The highest BCUT2D eigenvalue weighted by molar-refractivity contribution is 5.37. The Bertz CT molecular complexity index is 624. The van der Waals surface area contributed by atoms with Gasteiger partial charge in [0, 0.05) is 11.1 Å². The Morgan fingerprint density at radius 3 is 2.65 bits per heavy atom. The Balaban J connectivity index is 2.03. The second kappa shape index (κ2) is 6.74. The van der Waals surface area contributed by atoms with Crippen LogP contribution >= 0.6 is 0 Å². The number of rotatable bonds is 3. The molecule has 0 aliphatic carbocycles. The molecule has 0 unspecified atom stereocenters. The molecule has 0 bridgehead atoms. The lowest BCUT2D eigenvalue weighted by Crippen LogP contribution is -2.01. The van der Waals surface area contributed by atoms with Crippen molar-refractivity contribution >= 4 is 0 Å². The summed E-state index contributed by atoms with van der Waals surface area (Å²) in [5.41, 5.74) is 1.33. The van der Waals surface area contributed by atoms with Gasteiger partial charge in [-0.25, -0.2) is 4.39 Å². The zero-order valence-electron chi connectivity index (χ0n) is 11.1. The van der Waals surface area contributed by atoms with Crippen molar-refractivity contribution in [2.75, 3.05) is 6.61 Å². The first-order valence-corrected chi connectivity index (χ1v) is 6.31. The van der Waals surface area contributed by atoms with E-state index in [-0.39, 0.29) is 6.61 Å². The number of ether oxygens (including phenoxy) is 1. The lowest BCUT2D eigenvalue weighted by molar-refractivity contribution is 0.192. The van der Waals surface area contributed by atoms with Gasteiger partial charge in [0.05, 0.1) is 6.10 Å². The average molecular weight is 270 g/mol. The van der Waals surface area contributed by atoms with Crippen LogP contribution in [0.25, 0.3) is 0 Å². The molecule has 1 atom stereocenters. The highest BCUT2D eigenvalue weighted by Gasteiger charge is 2.09. The van der Waals surface area contributed by atoms with Gasteiger partial charge in [-0.2, -0.15) is 0 Å². The molecule has 2 aromatic rings. The van der Waals surface area contributed by atoms with E-state index in [9.17, 15) is 9.50 Å². The van der Waals surface area contributed by atoms with Crippen molar-refractivity contribution in [2.24, 2.45) is 0 Å². The first-order valence-electron chi connectivity index (χ1n) is 6.31. The molecule has 3 heteroatoms. The Hall–Kier alpha value is -2.31. The predicted octanol–water partition coefficient (Wildman–Crippen LogP) is 3.31. The van der Waals surface area contributed by atoms with E-state index in [2.05, 4.69) is 11.8 Å². The summed E-state index contributed by atoms with van der Waals surface area (Å²) in [6.45, 7) is 1.75. The molecule has 0 amide bonds. The van der Waals surface area contributed by atoms with Gasteiger partial charge in [0.25, 0.3) is 0 Å².